The number of hydrogen-bond acceptors (Lipinski definition) is 2. The topological polar surface area (TPSA) is 34.9 Å². The van der Waals surface area contributed by atoms with Crippen molar-refractivity contribution in [2.45, 2.75) is 71.8 Å². The summed E-state index contributed by atoms with van der Waals surface area (Å²) in [5.74, 6) is 1.06. The molecule has 0 bridgehead atoms. The normalized spacial score (nSPS) is 16.6. The quantitative estimate of drug-likeness (QED) is 0.783. The van der Waals surface area contributed by atoms with Gasteiger partial charge in [-0.1, -0.05) is 43.7 Å². The molecule has 4 heteroatoms. The van der Waals surface area contributed by atoms with Crippen LogP contribution in [-0.2, 0) is 17.8 Å². The molecule has 20 heavy (non-hydrogen) atoms. The minimum atomic E-state index is 0.298. The number of rotatable bonds is 6. The molecule has 1 saturated carbocycles. The standard InChI is InChI=1S/C16H25ClN2O/c1-3-19-15(16(17)12(2)18-19)11-14(20)10-9-13-7-5-4-6-8-13/h13H,3-11H2,1-2H3. The Bertz CT molecular complexity index is 461. The summed E-state index contributed by atoms with van der Waals surface area (Å²) in [6.07, 6.45) is 8.83. The first-order valence-electron chi connectivity index (χ1n) is 7.85. The van der Waals surface area contributed by atoms with E-state index in [1.165, 1.54) is 32.1 Å². The molecule has 0 amide bonds. The lowest BCUT2D eigenvalue weighted by Crippen LogP contribution is -2.12. The summed E-state index contributed by atoms with van der Waals surface area (Å²) < 4.78 is 1.86. The van der Waals surface area contributed by atoms with Crippen molar-refractivity contribution in [2.24, 2.45) is 5.92 Å². The lowest BCUT2D eigenvalue weighted by molar-refractivity contribution is -0.118. The van der Waals surface area contributed by atoms with Gasteiger partial charge >= 0.3 is 0 Å². The Kier molecular flexibility index (Phi) is 5.64. The Morgan fingerprint density at radius 2 is 2.05 bits per heavy atom. The van der Waals surface area contributed by atoms with E-state index < -0.39 is 0 Å². The van der Waals surface area contributed by atoms with Crippen LogP contribution in [0.15, 0.2) is 0 Å². The summed E-state index contributed by atoms with van der Waals surface area (Å²) in [4.78, 5) is 12.2. The number of aromatic nitrogens is 2. The zero-order valence-electron chi connectivity index (χ0n) is 12.6. The molecule has 0 aromatic carbocycles. The molecule has 0 atom stereocenters. The van der Waals surface area contributed by atoms with Gasteiger partial charge in [0.2, 0.25) is 0 Å². The van der Waals surface area contributed by atoms with Crippen molar-refractivity contribution in [3.8, 4) is 0 Å². The third kappa shape index (κ3) is 3.85. The van der Waals surface area contributed by atoms with Gasteiger partial charge in [0.25, 0.3) is 0 Å². The van der Waals surface area contributed by atoms with Crippen molar-refractivity contribution < 1.29 is 4.79 Å². The maximum Gasteiger partial charge on any atom is 0.138 e. The zero-order valence-corrected chi connectivity index (χ0v) is 13.4. The number of halogens is 1. The monoisotopic (exact) mass is 296 g/mol. The molecule has 1 aromatic heterocycles. The molecule has 0 aliphatic heterocycles. The van der Waals surface area contributed by atoms with Gasteiger partial charge in [0.05, 0.1) is 16.4 Å². The van der Waals surface area contributed by atoms with E-state index in [-0.39, 0.29) is 0 Å². The highest BCUT2D eigenvalue weighted by atomic mass is 35.5. The zero-order chi connectivity index (χ0) is 14.5. The van der Waals surface area contributed by atoms with Crippen molar-refractivity contribution in [2.75, 3.05) is 0 Å². The first-order valence-corrected chi connectivity index (χ1v) is 8.23. The number of ketones is 1. The Hall–Kier alpha value is -0.830. The van der Waals surface area contributed by atoms with Crippen LogP contribution in [-0.4, -0.2) is 15.6 Å². The van der Waals surface area contributed by atoms with Gasteiger partial charge in [0.1, 0.15) is 5.78 Å². The predicted molar refractivity (Wildman–Crippen MR) is 82.2 cm³/mol. The first kappa shape index (κ1) is 15.6. The second kappa shape index (κ2) is 7.26. The fourth-order valence-corrected chi connectivity index (χ4v) is 3.36. The van der Waals surface area contributed by atoms with Gasteiger partial charge in [0, 0.05) is 19.4 Å². The molecule has 1 heterocycles. The molecule has 3 nitrogen and oxygen atoms in total. The van der Waals surface area contributed by atoms with Crippen LogP contribution >= 0.6 is 11.6 Å². The van der Waals surface area contributed by atoms with Crippen molar-refractivity contribution >= 4 is 17.4 Å². The number of Topliss-reactive ketones (excluding diaryl/α,β-unsaturated/α-hetero) is 1. The highest BCUT2D eigenvalue weighted by Crippen LogP contribution is 2.28. The summed E-state index contributed by atoms with van der Waals surface area (Å²) in [5.41, 5.74) is 1.71. The molecule has 1 aliphatic rings. The minimum absolute atomic E-state index is 0.298. The van der Waals surface area contributed by atoms with E-state index in [2.05, 4.69) is 5.10 Å². The van der Waals surface area contributed by atoms with Crippen LogP contribution in [0.1, 0.15) is 63.3 Å². The van der Waals surface area contributed by atoms with E-state index >= 15 is 0 Å². The van der Waals surface area contributed by atoms with E-state index in [4.69, 9.17) is 11.6 Å². The van der Waals surface area contributed by atoms with Crippen LogP contribution in [0.2, 0.25) is 5.02 Å². The highest BCUT2D eigenvalue weighted by Gasteiger charge is 2.18. The van der Waals surface area contributed by atoms with Crippen molar-refractivity contribution in [1.82, 2.24) is 9.78 Å². The third-order valence-corrected chi connectivity index (χ3v) is 4.87. The Balaban J connectivity index is 1.87. The molecule has 2 rings (SSSR count). The molecule has 1 fully saturated rings. The second-order valence-electron chi connectivity index (χ2n) is 5.92. The molecule has 0 unspecified atom stereocenters. The molecule has 0 saturated heterocycles. The number of nitrogens with zero attached hydrogens (tertiary/aromatic N) is 2. The Labute approximate surface area is 126 Å². The van der Waals surface area contributed by atoms with Gasteiger partial charge in [-0.25, -0.2) is 0 Å². The van der Waals surface area contributed by atoms with Crippen LogP contribution in [0.5, 0.6) is 0 Å². The van der Waals surface area contributed by atoms with E-state index in [9.17, 15) is 4.79 Å². The molecule has 1 aromatic rings. The molecule has 112 valence electrons. The Morgan fingerprint density at radius 3 is 2.70 bits per heavy atom. The number of carbonyl (C=O) groups excluding carboxylic acids is 1. The average Bonchev–Trinajstić information content (AvgIpc) is 2.74. The average molecular weight is 297 g/mol. The summed E-state index contributed by atoms with van der Waals surface area (Å²) in [6.45, 7) is 4.68. The fraction of sp³-hybridized carbons (Fsp3) is 0.750. The van der Waals surface area contributed by atoms with Crippen molar-refractivity contribution in [3.63, 3.8) is 0 Å². The lowest BCUT2D eigenvalue weighted by Gasteiger charge is -2.20. The Morgan fingerprint density at radius 1 is 1.35 bits per heavy atom. The molecule has 0 spiro atoms. The van der Waals surface area contributed by atoms with E-state index in [1.807, 2.05) is 18.5 Å². The van der Waals surface area contributed by atoms with Gasteiger partial charge in [-0.2, -0.15) is 5.10 Å². The summed E-state index contributed by atoms with van der Waals surface area (Å²) in [6, 6.07) is 0. The summed E-state index contributed by atoms with van der Waals surface area (Å²) >= 11 is 6.25. The van der Waals surface area contributed by atoms with Gasteiger partial charge < -0.3 is 0 Å². The van der Waals surface area contributed by atoms with Gasteiger partial charge in [-0.15, -0.1) is 0 Å². The molecule has 1 aliphatic carbocycles. The van der Waals surface area contributed by atoms with Gasteiger partial charge in [-0.05, 0) is 26.2 Å². The van der Waals surface area contributed by atoms with Crippen LogP contribution in [0.3, 0.4) is 0 Å². The highest BCUT2D eigenvalue weighted by molar-refractivity contribution is 6.32. The van der Waals surface area contributed by atoms with Crippen LogP contribution in [0.4, 0.5) is 0 Å². The summed E-state index contributed by atoms with van der Waals surface area (Å²) in [5, 5.41) is 5.03. The fourth-order valence-electron chi connectivity index (χ4n) is 3.15. The van der Waals surface area contributed by atoms with Crippen molar-refractivity contribution in [1.29, 1.82) is 0 Å². The SMILES string of the molecule is CCn1nc(C)c(Cl)c1CC(=O)CCC1CCCCC1. The van der Waals surface area contributed by atoms with Crippen LogP contribution in [0.25, 0.3) is 0 Å². The largest absolute Gasteiger partial charge is 0.299 e. The van der Waals surface area contributed by atoms with Crippen LogP contribution in [0, 0.1) is 12.8 Å². The smallest absolute Gasteiger partial charge is 0.138 e. The number of aryl methyl sites for hydroxylation is 2. The first-order chi connectivity index (χ1) is 9.61. The van der Waals surface area contributed by atoms with E-state index in [0.717, 1.165) is 30.3 Å². The van der Waals surface area contributed by atoms with E-state index in [0.29, 0.717) is 23.6 Å². The maximum absolute atomic E-state index is 12.2. The molecular weight excluding hydrogens is 272 g/mol. The minimum Gasteiger partial charge on any atom is -0.299 e. The maximum atomic E-state index is 12.2. The van der Waals surface area contributed by atoms with Gasteiger partial charge in [-0.3, -0.25) is 9.48 Å². The van der Waals surface area contributed by atoms with Crippen LogP contribution < -0.4 is 0 Å². The molecular formula is C16H25ClN2O. The number of carbonyl (C=O) groups is 1. The number of hydrogen-bond donors (Lipinski definition) is 0. The predicted octanol–water partition coefficient (Wildman–Crippen LogP) is 4.34. The molecule has 0 N–H and O–H groups in total. The third-order valence-electron chi connectivity index (χ3n) is 4.37. The van der Waals surface area contributed by atoms with Gasteiger partial charge in [0.15, 0.2) is 0 Å². The second-order valence-corrected chi connectivity index (χ2v) is 6.30. The molecule has 0 radical (unpaired) electrons. The summed E-state index contributed by atoms with van der Waals surface area (Å²) in [7, 11) is 0. The van der Waals surface area contributed by atoms with Crippen molar-refractivity contribution in [3.05, 3.63) is 16.4 Å². The van der Waals surface area contributed by atoms with E-state index in [1.54, 1.807) is 0 Å². The lowest BCUT2D eigenvalue weighted by atomic mass is 9.85.